The monoisotopic (exact) mass is 276 g/mol. The minimum atomic E-state index is -0.322. The molecule has 98 valence electrons. The summed E-state index contributed by atoms with van der Waals surface area (Å²) in [5.41, 5.74) is 7.65. The van der Waals surface area contributed by atoms with Gasteiger partial charge in [0.1, 0.15) is 10.8 Å². The van der Waals surface area contributed by atoms with Crippen LogP contribution in [0, 0.1) is 13.8 Å². The SMILES string of the molecule is Cc1cc(C(=O)Nc2[nH]ncc2C(N)=S)c(C)nn1. The largest absolute Gasteiger partial charge is 0.389 e. The number of anilines is 1. The van der Waals surface area contributed by atoms with E-state index in [1.165, 1.54) is 6.20 Å². The third-order valence-corrected chi connectivity index (χ3v) is 2.71. The van der Waals surface area contributed by atoms with Crippen LogP contribution in [0.3, 0.4) is 0 Å². The molecule has 0 aliphatic heterocycles. The van der Waals surface area contributed by atoms with Gasteiger partial charge in [-0.2, -0.15) is 15.3 Å². The Labute approximate surface area is 114 Å². The quantitative estimate of drug-likeness (QED) is 0.712. The van der Waals surface area contributed by atoms with Crippen LogP contribution in [-0.4, -0.2) is 31.3 Å². The van der Waals surface area contributed by atoms with Gasteiger partial charge in [0.05, 0.1) is 28.7 Å². The summed E-state index contributed by atoms with van der Waals surface area (Å²) in [6.45, 7) is 3.47. The first-order valence-corrected chi connectivity index (χ1v) is 5.85. The fraction of sp³-hybridized carbons (Fsp3) is 0.182. The van der Waals surface area contributed by atoms with Crippen molar-refractivity contribution in [2.24, 2.45) is 5.73 Å². The zero-order valence-corrected chi connectivity index (χ0v) is 11.2. The summed E-state index contributed by atoms with van der Waals surface area (Å²) in [6, 6.07) is 1.66. The van der Waals surface area contributed by atoms with Crippen molar-refractivity contribution < 1.29 is 4.79 Å². The summed E-state index contributed by atoms with van der Waals surface area (Å²) in [6.07, 6.45) is 1.46. The molecule has 0 bridgehead atoms. The molecule has 2 aromatic rings. The Bertz CT molecular complexity index is 650. The van der Waals surface area contributed by atoms with Crippen LogP contribution >= 0.6 is 12.2 Å². The third kappa shape index (κ3) is 2.74. The van der Waals surface area contributed by atoms with Gasteiger partial charge in [-0.15, -0.1) is 0 Å². The maximum absolute atomic E-state index is 12.1. The number of carbonyl (C=O) groups excluding carboxylic acids is 1. The van der Waals surface area contributed by atoms with Gasteiger partial charge in [0.15, 0.2) is 0 Å². The van der Waals surface area contributed by atoms with Crippen LogP contribution in [0.15, 0.2) is 12.3 Å². The lowest BCUT2D eigenvalue weighted by Crippen LogP contribution is -2.18. The number of amides is 1. The zero-order valence-electron chi connectivity index (χ0n) is 10.4. The van der Waals surface area contributed by atoms with Crippen LogP contribution in [0.5, 0.6) is 0 Å². The number of rotatable bonds is 3. The van der Waals surface area contributed by atoms with Crippen LogP contribution in [0.25, 0.3) is 0 Å². The first-order chi connectivity index (χ1) is 8.99. The van der Waals surface area contributed by atoms with Crippen molar-refractivity contribution in [1.82, 2.24) is 20.4 Å². The maximum atomic E-state index is 12.1. The second kappa shape index (κ2) is 5.11. The van der Waals surface area contributed by atoms with Gasteiger partial charge < -0.3 is 11.1 Å². The summed E-state index contributed by atoms with van der Waals surface area (Å²) in [5, 5.41) is 16.9. The molecule has 0 aromatic carbocycles. The summed E-state index contributed by atoms with van der Waals surface area (Å²) < 4.78 is 0. The average molecular weight is 276 g/mol. The second-order valence-electron chi connectivity index (χ2n) is 3.96. The molecule has 1 amide bonds. The molecule has 0 saturated heterocycles. The smallest absolute Gasteiger partial charge is 0.258 e. The third-order valence-electron chi connectivity index (χ3n) is 2.49. The molecule has 19 heavy (non-hydrogen) atoms. The average Bonchev–Trinajstić information content (AvgIpc) is 2.80. The molecule has 4 N–H and O–H groups in total. The molecular formula is C11H12N6OS. The number of carbonyl (C=O) groups is 1. The minimum Gasteiger partial charge on any atom is -0.389 e. The Kier molecular flexibility index (Phi) is 3.52. The van der Waals surface area contributed by atoms with Crippen LogP contribution in [0.2, 0.25) is 0 Å². The summed E-state index contributed by atoms with van der Waals surface area (Å²) >= 11 is 4.86. The summed E-state index contributed by atoms with van der Waals surface area (Å²) in [4.78, 5) is 12.3. The van der Waals surface area contributed by atoms with E-state index >= 15 is 0 Å². The molecule has 0 radical (unpaired) electrons. The highest BCUT2D eigenvalue weighted by Gasteiger charge is 2.15. The number of thiocarbonyl (C=S) groups is 1. The molecule has 0 spiro atoms. The Morgan fingerprint density at radius 3 is 2.79 bits per heavy atom. The molecule has 0 saturated carbocycles. The highest BCUT2D eigenvalue weighted by atomic mass is 32.1. The predicted molar refractivity (Wildman–Crippen MR) is 73.9 cm³/mol. The molecular weight excluding hydrogens is 264 g/mol. The maximum Gasteiger partial charge on any atom is 0.258 e. The lowest BCUT2D eigenvalue weighted by molar-refractivity contribution is 0.102. The summed E-state index contributed by atoms with van der Waals surface area (Å²) in [7, 11) is 0. The highest BCUT2D eigenvalue weighted by molar-refractivity contribution is 7.80. The Morgan fingerprint density at radius 1 is 1.37 bits per heavy atom. The number of hydrogen-bond acceptors (Lipinski definition) is 5. The lowest BCUT2D eigenvalue weighted by Gasteiger charge is -2.07. The fourth-order valence-corrected chi connectivity index (χ4v) is 1.68. The first-order valence-electron chi connectivity index (χ1n) is 5.44. The summed E-state index contributed by atoms with van der Waals surface area (Å²) in [5.74, 6) is 0.0450. The lowest BCUT2D eigenvalue weighted by atomic mass is 10.2. The van der Waals surface area contributed by atoms with E-state index in [2.05, 4.69) is 25.7 Å². The Morgan fingerprint density at radius 2 is 2.11 bits per heavy atom. The van der Waals surface area contributed by atoms with E-state index in [0.717, 1.165) is 0 Å². The van der Waals surface area contributed by atoms with Crippen molar-refractivity contribution in [2.75, 3.05) is 5.32 Å². The number of hydrogen-bond donors (Lipinski definition) is 3. The topological polar surface area (TPSA) is 110 Å². The van der Waals surface area contributed by atoms with E-state index in [9.17, 15) is 4.79 Å². The number of aromatic amines is 1. The molecule has 0 atom stereocenters. The second-order valence-corrected chi connectivity index (χ2v) is 4.40. The molecule has 0 unspecified atom stereocenters. The van der Waals surface area contributed by atoms with Gasteiger partial charge in [-0.05, 0) is 19.9 Å². The number of aromatic nitrogens is 4. The van der Waals surface area contributed by atoms with Crippen LogP contribution in [-0.2, 0) is 0 Å². The van der Waals surface area contributed by atoms with E-state index in [0.29, 0.717) is 28.3 Å². The number of aryl methyl sites for hydroxylation is 2. The molecule has 0 aliphatic rings. The number of nitrogens with two attached hydrogens (primary N) is 1. The van der Waals surface area contributed by atoms with Crippen molar-refractivity contribution >= 4 is 28.9 Å². The number of nitrogens with one attached hydrogen (secondary N) is 2. The zero-order chi connectivity index (χ0) is 14.0. The molecule has 2 rings (SSSR count). The fourth-order valence-electron chi connectivity index (χ4n) is 1.53. The molecule has 0 aliphatic carbocycles. The van der Waals surface area contributed by atoms with Crippen molar-refractivity contribution in [2.45, 2.75) is 13.8 Å². The van der Waals surface area contributed by atoms with E-state index in [-0.39, 0.29) is 10.9 Å². The van der Waals surface area contributed by atoms with Crippen molar-refractivity contribution in [3.8, 4) is 0 Å². The van der Waals surface area contributed by atoms with Crippen LogP contribution in [0.1, 0.15) is 27.3 Å². The number of nitrogens with zero attached hydrogens (tertiary/aromatic N) is 3. The van der Waals surface area contributed by atoms with E-state index < -0.39 is 0 Å². The Balaban J connectivity index is 2.28. The molecule has 7 nitrogen and oxygen atoms in total. The van der Waals surface area contributed by atoms with Gasteiger partial charge in [0.2, 0.25) is 0 Å². The van der Waals surface area contributed by atoms with E-state index in [4.69, 9.17) is 18.0 Å². The molecule has 0 fully saturated rings. The minimum absolute atomic E-state index is 0.157. The van der Waals surface area contributed by atoms with Crippen molar-refractivity contribution in [3.05, 3.63) is 34.8 Å². The van der Waals surface area contributed by atoms with Gasteiger partial charge >= 0.3 is 0 Å². The first kappa shape index (κ1) is 13.1. The van der Waals surface area contributed by atoms with Crippen molar-refractivity contribution in [1.29, 1.82) is 0 Å². The predicted octanol–water partition coefficient (Wildman–Crippen LogP) is 0.703. The standard InChI is InChI=1S/C11H12N6OS/c1-5-3-7(6(2)16-15-5)11(18)14-10-8(9(12)19)4-13-17-10/h3-4H,1-2H3,(H2,12,19)(H2,13,14,17,18). The molecule has 2 heterocycles. The highest BCUT2D eigenvalue weighted by Crippen LogP contribution is 2.13. The van der Waals surface area contributed by atoms with Crippen molar-refractivity contribution in [3.63, 3.8) is 0 Å². The van der Waals surface area contributed by atoms with Crippen LogP contribution in [0.4, 0.5) is 5.82 Å². The number of H-pyrrole nitrogens is 1. The molecule has 2 aromatic heterocycles. The van der Waals surface area contributed by atoms with Gasteiger partial charge in [-0.3, -0.25) is 9.89 Å². The van der Waals surface area contributed by atoms with Crippen LogP contribution < -0.4 is 11.1 Å². The molecule has 8 heteroatoms. The van der Waals surface area contributed by atoms with Gasteiger partial charge in [0, 0.05) is 0 Å². The van der Waals surface area contributed by atoms with E-state index in [1.807, 2.05) is 0 Å². The van der Waals surface area contributed by atoms with Gasteiger partial charge in [-0.25, -0.2) is 0 Å². The Hall–Kier alpha value is -2.35. The van der Waals surface area contributed by atoms with Gasteiger partial charge in [0.25, 0.3) is 5.91 Å². The van der Waals surface area contributed by atoms with E-state index in [1.54, 1.807) is 19.9 Å². The van der Waals surface area contributed by atoms with Gasteiger partial charge in [-0.1, -0.05) is 12.2 Å². The normalized spacial score (nSPS) is 10.2.